The number of aryl methyl sites for hydroxylation is 2. The Bertz CT molecular complexity index is 403. The Kier molecular flexibility index (Phi) is 5.02. The van der Waals surface area contributed by atoms with Gasteiger partial charge in [0, 0.05) is 10.9 Å². The lowest BCUT2D eigenvalue weighted by Gasteiger charge is -2.36. The van der Waals surface area contributed by atoms with Gasteiger partial charge in [-0.05, 0) is 57.4 Å². The third-order valence-corrected chi connectivity index (χ3v) is 5.49. The second-order valence-corrected chi connectivity index (χ2v) is 7.63. The second-order valence-electron chi connectivity index (χ2n) is 6.40. The average Bonchev–Trinajstić information content (AvgIpc) is 2.64. The molecule has 0 aliphatic heterocycles. The summed E-state index contributed by atoms with van der Waals surface area (Å²) in [6.45, 7) is 12.4. The van der Waals surface area contributed by atoms with Crippen LogP contribution in [0.25, 0.3) is 0 Å². The summed E-state index contributed by atoms with van der Waals surface area (Å²) in [5, 5.41) is 4.94. The Morgan fingerprint density at radius 2 is 1.84 bits per heavy atom. The van der Waals surface area contributed by atoms with E-state index in [4.69, 9.17) is 0 Å². The third-order valence-electron chi connectivity index (χ3n) is 4.33. The van der Waals surface area contributed by atoms with E-state index in [2.05, 4.69) is 44.9 Å². The number of nitrogens with zero attached hydrogens (tertiary/aromatic N) is 1. The predicted molar refractivity (Wildman–Crippen MR) is 83.7 cm³/mol. The minimum atomic E-state index is 0.515. The molecule has 0 bridgehead atoms. The van der Waals surface area contributed by atoms with Crippen molar-refractivity contribution in [3.8, 4) is 0 Å². The fourth-order valence-electron chi connectivity index (χ4n) is 3.81. The third kappa shape index (κ3) is 3.57. The van der Waals surface area contributed by atoms with Crippen molar-refractivity contribution in [2.24, 2.45) is 17.8 Å². The van der Waals surface area contributed by atoms with Crippen LogP contribution >= 0.6 is 11.3 Å². The van der Waals surface area contributed by atoms with E-state index in [-0.39, 0.29) is 0 Å². The molecule has 2 nitrogen and oxygen atoms in total. The molecule has 2 rings (SSSR count). The van der Waals surface area contributed by atoms with E-state index in [0.717, 1.165) is 24.3 Å². The van der Waals surface area contributed by atoms with Crippen LogP contribution in [-0.2, 0) is 0 Å². The lowest BCUT2D eigenvalue weighted by Crippen LogP contribution is -2.33. The summed E-state index contributed by atoms with van der Waals surface area (Å²) in [5.41, 5.74) is 1.24. The van der Waals surface area contributed by atoms with Gasteiger partial charge in [0.05, 0.1) is 10.7 Å². The molecule has 0 spiro atoms. The zero-order valence-corrected chi connectivity index (χ0v) is 13.8. The van der Waals surface area contributed by atoms with Gasteiger partial charge in [-0.25, -0.2) is 4.98 Å². The first-order chi connectivity index (χ1) is 9.01. The van der Waals surface area contributed by atoms with Gasteiger partial charge in [-0.3, -0.25) is 0 Å². The van der Waals surface area contributed by atoms with Crippen LogP contribution in [0, 0.1) is 31.6 Å². The Labute approximate surface area is 122 Å². The number of hydrogen-bond acceptors (Lipinski definition) is 3. The topological polar surface area (TPSA) is 24.9 Å². The minimum Gasteiger partial charge on any atom is -0.309 e. The highest BCUT2D eigenvalue weighted by Crippen LogP contribution is 2.41. The largest absolute Gasteiger partial charge is 0.309 e. The van der Waals surface area contributed by atoms with Crippen LogP contribution in [0.3, 0.4) is 0 Å². The maximum atomic E-state index is 4.63. The first-order valence-electron chi connectivity index (χ1n) is 7.68. The van der Waals surface area contributed by atoms with Crippen LogP contribution in [-0.4, -0.2) is 11.5 Å². The SMILES string of the molecule is CCNC(c1sc(C)nc1C)C1CC(C)CC(C)C1. The van der Waals surface area contributed by atoms with Crippen molar-refractivity contribution in [2.75, 3.05) is 6.54 Å². The summed E-state index contributed by atoms with van der Waals surface area (Å²) in [4.78, 5) is 6.10. The smallest absolute Gasteiger partial charge is 0.0900 e. The van der Waals surface area contributed by atoms with E-state index in [1.165, 1.54) is 34.8 Å². The van der Waals surface area contributed by atoms with E-state index in [1.54, 1.807) is 0 Å². The highest BCUT2D eigenvalue weighted by atomic mass is 32.1. The van der Waals surface area contributed by atoms with Crippen LogP contribution in [0.1, 0.15) is 61.7 Å². The molecule has 0 radical (unpaired) electrons. The molecule has 1 aliphatic rings. The molecule has 3 atom stereocenters. The molecule has 3 unspecified atom stereocenters. The number of aromatic nitrogens is 1. The van der Waals surface area contributed by atoms with Gasteiger partial charge in [-0.1, -0.05) is 20.8 Å². The molecule has 1 heterocycles. The van der Waals surface area contributed by atoms with Gasteiger partial charge in [0.25, 0.3) is 0 Å². The van der Waals surface area contributed by atoms with Crippen molar-refractivity contribution in [3.63, 3.8) is 0 Å². The first kappa shape index (κ1) is 15.0. The van der Waals surface area contributed by atoms with Gasteiger partial charge in [0.2, 0.25) is 0 Å². The molecular weight excluding hydrogens is 252 g/mol. The summed E-state index contributed by atoms with van der Waals surface area (Å²) in [6.07, 6.45) is 4.12. The molecule has 19 heavy (non-hydrogen) atoms. The van der Waals surface area contributed by atoms with E-state index in [1.807, 2.05) is 11.3 Å². The van der Waals surface area contributed by atoms with Gasteiger partial charge < -0.3 is 5.32 Å². The van der Waals surface area contributed by atoms with Gasteiger partial charge in [0.15, 0.2) is 0 Å². The summed E-state index contributed by atoms with van der Waals surface area (Å²) >= 11 is 1.88. The maximum Gasteiger partial charge on any atom is 0.0900 e. The van der Waals surface area contributed by atoms with Crippen LogP contribution in [0.4, 0.5) is 0 Å². The molecule has 1 N–H and O–H groups in total. The van der Waals surface area contributed by atoms with E-state index in [9.17, 15) is 0 Å². The molecule has 0 amide bonds. The zero-order chi connectivity index (χ0) is 14.0. The normalized spacial score (nSPS) is 29.4. The first-order valence-corrected chi connectivity index (χ1v) is 8.50. The van der Waals surface area contributed by atoms with Crippen molar-refractivity contribution in [1.29, 1.82) is 0 Å². The molecule has 1 aromatic heterocycles. The lowest BCUT2D eigenvalue weighted by molar-refractivity contribution is 0.178. The summed E-state index contributed by atoms with van der Waals surface area (Å²) in [5.74, 6) is 2.51. The highest BCUT2D eigenvalue weighted by molar-refractivity contribution is 7.11. The molecule has 0 saturated heterocycles. The van der Waals surface area contributed by atoms with Crippen LogP contribution in [0.5, 0.6) is 0 Å². The number of rotatable bonds is 4. The molecule has 1 aromatic rings. The van der Waals surface area contributed by atoms with Crippen LogP contribution in [0.2, 0.25) is 0 Å². The average molecular weight is 280 g/mol. The van der Waals surface area contributed by atoms with Crippen molar-refractivity contribution < 1.29 is 0 Å². The lowest BCUT2D eigenvalue weighted by atomic mass is 9.73. The molecule has 1 fully saturated rings. The Morgan fingerprint density at radius 3 is 2.32 bits per heavy atom. The quantitative estimate of drug-likeness (QED) is 0.879. The minimum absolute atomic E-state index is 0.515. The molecule has 3 heteroatoms. The second kappa shape index (κ2) is 6.36. The van der Waals surface area contributed by atoms with Gasteiger partial charge in [-0.15, -0.1) is 11.3 Å². The number of thiazole rings is 1. The van der Waals surface area contributed by atoms with Crippen molar-refractivity contribution in [1.82, 2.24) is 10.3 Å². The van der Waals surface area contributed by atoms with Gasteiger partial charge >= 0.3 is 0 Å². The van der Waals surface area contributed by atoms with E-state index in [0.29, 0.717) is 6.04 Å². The molecule has 1 aliphatic carbocycles. The molecular formula is C16H28N2S. The van der Waals surface area contributed by atoms with Crippen LogP contribution in [0.15, 0.2) is 0 Å². The fourth-order valence-corrected chi connectivity index (χ4v) is 4.91. The van der Waals surface area contributed by atoms with Gasteiger partial charge in [0.1, 0.15) is 0 Å². The standard InChI is InChI=1S/C16H28N2S/c1-6-17-15(16-12(4)18-13(5)19-16)14-8-10(2)7-11(3)9-14/h10-11,14-15,17H,6-9H2,1-5H3. The summed E-state index contributed by atoms with van der Waals surface area (Å²) in [6, 6.07) is 0.515. The molecule has 1 saturated carbocycles. The van der Waals surface area contributed by atoms with Crippen molar-refractivity contribution in [2.45, 2.75) is 59.9 Å². The Morgan fingerprint density at radius 1 is 1.21 bits per heavy atom. The maximum absolute atomic E-state index is 4.63. The van der Waals surface area contributed by atoms with E-state index >= 15 is 0 Å². The zero-order valence-electron chi connectivity index (χ0n) is 13.0. The predicted octanol–water partition coefficient (Wildman–Crippen LogP) is 4.48. The summed E-state index contributed by atoms with van der Waals surface area (Å²) in [7, 11) is 0. The molecule has 108 valence electrons. The van der Waals surface area contributed by atoms with E-state index < -0.39 is 0 Å². The monoisotopic (exact) mass is 280 g/mol. The summed E-state index contributed by atoms with van der Waals surface area (Å²) < 4.78 is 0. The van der Waals surface area contributed by atoms with Crippen LogP contribution < -0.4 is 5.32 Å². The highest BCUT2D eigenvalue weighted by Gasteiger charge is 2.32. The van der Waals surface area contributed by atoms with Crippen molar-refractivity contribution in [3.05, 3.63) is 15.6 Å². The number of hydrogen-bond donors (Lipinski definition) is 1. The fraction of sp³-hybridized carbons (Fsp3) is 0.812. The van der Waals surface area contributed by atoms with Gasteiger partial charge in [-0.2, -0.15) is 0 Å². The van der Waals surface area contributed by atoms with Crippen molar-refractivity contribution >= 4 is 11.3 Å². The number of nitrogens with one attached hydrogen (secondary N) is 1. The Hall–Kier alpha value is -0.410. The molecule has 0 aromatic carbocycles. The Balaban J connectivity index is 2.22.